The van der Waals surface area contributed by atoms with Crippen molar-refractivity contribution < 1.29 is 9.13 Å². The second kappa shape index (κ2) is 6.27. The Kier molecular flexibility index (Phi) is 4.44. The Hall–Kier alpha value is -2.25. The summed E-state index contributed by atoms with van der Waals surface area (Å²) >= 11 is 5.73. The van der Waals surface area contributed by atoms with E-state index in [1.807, 2.05) is 0 Å². The van der Waals surface area contributed by atoms with Gasteiger partial charge in [-0.25, -0.2) is 4.39 Å². The molecule has 5 heteroatoms. The van der Waals surface area contributed by atoms with Gasteiger partial charge in [0.1, 0.15) is 17.6 Å². The van der Waals surface area contributed by atoms with E-state index in [2.05, 4.69) is 11.4 Å². The van der Waals surface area contributed by atoms with Crippen molar-refractivity contribution in [1.29, 1.82) is 5.26 Å². The molecule has 0 aliphatic rings. The van der Waals surface area contributed by atoms with E-state index >= 15 is 0 Å². The number of benzene rings is 2. The van der Waals surface area contributed by atoms with Crippen molar-refractivity contribution in [2.24, 2.45) is 0 Å². The van der Waals surface area contributed by atoms with Crippen LogP contribution in [-0.2, 0) is 6.54 Å². The molecule has 0 amide bonds. The number of hydrogen-bond acceptors (Lipinski definition) is 3. The zero-order valence-corrected chi connectivity index (χ0v) is 11.5. The van der Waals surface area contributed by atoms with Crippen molar-refractivity contribution in [1.82, 2.24) is 0 Å². The summed E-state index contributed by atoms with van der Waals surface area (Å²) in [6.45, 7) is 0.432. The summed E-state index contributed by atoms with van der Waals surface area (Å²) in [6.07, 6.45) is 0. The van der Waals surface area contributed by atoms with Crippen molar-refractivity contribution >= 4 is 17.3 Å². The second-order valence-corrected chi connectivity index (χ2v) is 4.53. The number of ether oxygens (including phenoxy) is 1. The minimum atomic E-state index is -0.450. The first-order valence-corrected chi connectivity index (χ1v) is 6.28. The Bertz CT molecular complexity index is 667. The minimum absolute atomic E-state index is 0.0791. The molecule has 0 heterocycles. The molecule has 0 spiro atoms. The first-order valence-electron chi connectivity index (χ1n) is 5.90. The normalized spacial score (nSPS) is 9.90. The Morgan fingerprint density at radius 1 is 1.30 bits per heavy atom. The molecule has 2 rings (SSSR count). The molecule has 0 saturated heterocycles. The third kappa shape index (κ3) is 3.19. The molecule has 0 bridgehead atoms. The maximum absolute atomic E-state index is 13.1. The van der Waals surface area contributed by atoms with Gasteiger partial charge in [-0.15, -0.1) is 0 Å². The lowest BCUT2D eigenvalue weighted by Gasteiger charge is -2.10. The molecule has 20 heavy (non-hydrogen) atoms. The van der Waals surface area contributed by atoms with E-state index in [1.165, 1.54) is 6.07 Å². The molecule has 2 aromatic rings. The van der Waals surface area contributed by atoms with Crippen LogP contribution in [0.15, 0.2) is 36.4 Å². The van der Waals surface area contributed by atoms with Crippen molar-refractivity contribution in [2.75, 3.05) is 12.4 Å². The highest BCUT2D eigenvalue weighted by Crippen LogP contribution is 2.23. The molecule has 2 aromatic carbocycles. The number of rotatable bonds is 4. The van der Waals surface area contributed by atoms with E-state index in [-0.39, 0.29) is 5.02 Å². The van der Waals surface area contributed by atoms with Crippen LogP contribution in [0.3, 0.4) is 0 Å². The van der Waals surface area contributed by atoms with Crippen LogP contribution in [0.4, 0.5) is 10.1 Å². The van der Waals surface area contributed by atoms with Crippen molar-refractivity contribution in [2.45, 2.75) is 6.54 Å². The molecule has 3 nitrogen and oxygen atoms in total. The molecule has 102 valence electrons. The number of anilines is 1. The number of hydrogen-bond donors (Lipinski definition) is 1. The SMILES string of the molecule is COc1ccc(C#N)c(NCc2ccc(F)c(Cl)c2)c1. The molecular formula is C15H12ClFN2O. The molecule has 0 aliphatic carbocycles. The fourth-order valence-electron chi connectivity index (χ4n) is 1.74. The van der Waals surface area contributed by atoms with Crippen LogP contribution in [0.5, 0.6) is 5.75 Å². The maximum Gasteiger partial charge on any atom is 0.141 e. The van der Waals surface area contributed by atoms with Gasteiger partial charge in [0.05, 0.1) is 23.4 Å². The number of nitrogens with zero attached hydrogens (tertiary/aromatic N) is 1. The Morgan fingerprint density at radius 2 is 2.10 bits per heavy atom. The average molecular weight is 291 g/mol. The van der Waals surface area contributed by atoms with Gasteiger partial charge in [0, 0.05) is 12.6 Å². The predicted molar refractivity (Wildman–Crippen MR) is 76.4 cm³/mol. The molecule has 0 aliphatic heterocycles. The number of nitrogens with one attached hydrogen (secondary N) is 1. The van der Waals surface area contributed by atoms with Crippen LogP contribution in [0, 0.1) is 17.1 Å². The summed E-state index contributed by atoms with van der Waals surface area (Å²) in [4.78, 5) is 0. The van der Waals surface area contributed by atoms with Gasteiger partial charge < -0.3 is 10.1 Å². The van der Waals surface area contributed by atoms with Gasteiger partial charge in [-0.1, -0.05) is 17.7 Å². The van der Waals surface area contributed by atoms with E-state index < -0.39 is 5.82 Å². The van der Waals surface area contributed by atoms with Gasteiger partial charge in [0.2, 0.25) is 0 Å². The zero-order valence-electron chi connectivity index (χ0n) is 10.8. The highest BCUT2D eigenvalue weighted by Gasteiger charge is 2.05. The smallest absolute Gasteiger partial charge is 0.141 e. The Balaban J connectivity index is 2.17. The van der Waals surface area contributed by atoms with Crippen LogP contribution in [0.1, 0.15) is 11.1 Å². The molecule has 0 unspecified atom stereocenters. The summed E-state index contributed by atoms with van der Waals surface area (Å²) in [5.74, 6) is 0.207. The topological polar surface area (TPSA) is 45.0 Å². The first kappa shape index (κ1) is 14.2. The lowest BCUT2D eigenvalue weighted by molar-refractivity contribution is 0.415. The maximum atomic E-state index is 13.1. The molecule has 0 saturated carbocycles. The highest BCUT2D eigenvalue weighted by atomic mass is 35.5. The quantitative estimate of drug-likeness (QED) is 0.926. The van der Waals surface area contributed by atoms with E-state index in [0.717, 1.165) is 5.56 Å². The fraction of sp³-hybridized carbons (Fsp3) is 0.133. The zero-order chi connectivity index (χ0) is 14.5. The van der Waals surface area contributed by atoms with Gasteiger partial charge in [-0.2, -0.15) is 5.26 Å². The molecule has 0 radical (unpaired) electrons. The van der Waals surface area contributed by atoms with Crippen LogP contribution in [-0.4, -0.2) is 7.11 Å². The average Bonchev–Trinajstić information content (AvgIpc) is 2.48. The summed E-state index contributed by atoms with van der Waals surface area (Å²) < 4.78 is 18.2. The van der Waals surface area contributed by atoms with E-state index in [9.17, 15) is 4.39 Å². The predicted octanol–water partition coefficient (Wildman–Crippen LogP) is 3.97. The third-order valence-corrected chi connectivity index (χ3v) is 3.10. The number of methoxy groups -OCH3 is 1. The van der Waals surface area contributed by atoms with Crippen LogP contribution < -0.4 is 10.1 Å². The van der Waals surface area contributed by atoms with Crippen LogP contribution in [0.25, 0.3) is 0 Å². The summed E-state index contributed by atoms with van der Waals surface area (Å²) in [6, 6.07) is 11.7. The second-order valence-electron chi connectivity index (χ2n) is 4.13. The van der Waals surface area contributed by atoms with Crippen molar-refractivity contribution in [3.8, 4) is 11.8 Å². The van der Waals surface area contributed by atoms with E-state index in [1.54, 1.807) is 37.4 Å². The molecule has 0 fully saturated rings. The standard InChI is InChI=1S/C15H12ClFN2O/c1-20-12-4-3-11(8-18)15(7-12)19-9-10-2-5-14(17)13(16)6-10/h2-7,19H,9H2,1H3. The van der Waals surface area contributed by atoms with E-state index in [0.29, 0.717) is 23.5 Å². The minimum Gasteiger partial charge on any atom is -0.497 e. The van der Waals surface area contributed by atoms with E-state index in [4.69, 9.17) is 21.6 Å². The Morgan fingerprint density at radius 3 is 2.75 bits per heavy atom. The lowest BCUT2D eigenvalue weighted by Crippen LogP contribution is -2.02. The molecular weight excluding hydrogens is 279 g/mol. The summed E-state index contributed by atoms with van der Waals surface area (Å²) in [5.41, 5.74) is 1.99. The number of nitriles is 1. The Labute approximate surface area is 121 Å². The summed E-state index contributed by atoms with van der Waals surface area (Å²) in [5, 5.41) is 12.3. The fourth-order valence-corrected chi connectivity index (χ4v) is 1.94. The number of halogens is 2. The van der Waals surface area contributed by atoms with Gasteiger partial charge >= 0.3 is 0 Å². The lowest BCUT2D eigenvalue weighted by atomic mass is 10.1. The molecule has 1 N–H and O–H groups in total. The van der Waals surface area contributed by atoms with Gasteiger partial charge in [-0.05, 0) is 29.8 Å². The molecule has 0 aromatic heterocycles. The molecule has 0 atom stereocenters. The summed E-state index contributed by atoms with van der Waals surface area (Å²) in [7, 11) is 1.56. The van der Waals surface area contributed by atoms with Crippen LogP contribution in [0.2, 0.25) is 5.02 Å². The monoisotopic (exact) mass is 290 g/mol. The largest absolute Gasteiger partial charge is 0.497 e. The van der Waals surface area contributed by atoms with Crippen molar-refractivity contribution in [3.63, 3.8) is 0 Å². The van der Waals surface area contributed by atoms with Gasteiger partial charge in [0.25, 0.3) is 0 Å². The first-order chi connectivity index (χ1) is 9.63. The third-order valence-electron chi connectivity index (χ3n) is 2.81. The van der Waals surface area contributed by atoms with Crippen LogP contribution >= 0.6 is 11.6 Å². The highest BCUT2D eigenvalue weighted by molar-refractivity contribution is 6.30. The van der Waals surface area contributed by atoms with Crippen molar-refractivity contribution in [3.05, 3.63) is 58.4 Å². The van der Waals surface area contributed by atoms with Gasteiger partial charge in [0.15, 0.2) is 0 Å². The van der Waals surface area contributed by atoms with Gasteiger partial charge in [-0.3, -0.25) is 0 Å².